The second kappa shape index (κ2) is 6.05. The molecule has 2 N–H and O–H groups in total. The summed E-state index contributed by atoms with van der Waals surface area (Å²) in [6.07, 6.45) is 6.59. The zero-order valence-electron chi connectivity index (χ0n) is 13.7. The lowest BCUT2D eigenvalue weighted by Crippen LogP contribution is -2.46. The number of hydrogen-bond acceptors (Lipinski definition) is 2. The molecule has 116 valence electrons. The highest BCUT2D eigenvalue weighted by atomic mass is 16.1. The molecule has 2 aliphatic rings. The van der Waals surface area contributed by atoms with Crippen LogP contribution in [0.25, 0.3) is 0 Å². The van der Waals surface area contributed by atoms with Crippen LogP contribution in [0.15, 0.2) is 0 Å². The van der Waals surface area contributed by atoms with Crippen molar-refractivity contribution in [2.75, 3.05) is 13.1 Å². The number of rotatable bonds is 3. The second-order valence-corrected chi connectivity index (χ2v) is 8.59. The molecule has 3 heteroatoms. The van der Waals surface area contributed by atoms with Crippen molar-refractivity contribution in [3.05, 3.63) is 0 Å². The van der Waals surface area contributed by atoms with Crippen molar-refractivity contribution in [3.63, 3.8) is 0 Å². The Morgan fingerprint density at radius 2 is 1.85 bits per heavy atom. The lowest BCUT2D eigenvalue weighted by Gasteiger charge is -2.45. The van der Waals surface area contributed by atoms with Gasteiger partial charge in [0.05, 0.1) is 0 Å². The molecule has 0 spiro atoms. The standard InChI is InChI=1S/C17H32N2O/c1-16(2)9-14(10-17(3,4)12-16)19-15(20)8-13-6-5-7-18-11-13/h13-14,18H,5-12H2,1-4H3,(H,19,20). The van der Waals surface area contributed by atoms with Gasteiger partial charge in [0, 0.05) is 12.5 Å². The number of amides is 1. The van der Waals surface area contributed by atoms with Gasteiger partial charge in [-0.3, -0.25) is 4.79 Å². The summed E-state index contributed by atoms with van der Waals surface area (Å²) in [6.45, 7) is 11.4. The highest BCUT2D eigenvalue weighted by Gasteiger charge is 2.38. The van der Waals surface area contributed by atoms with Gasteiger partial charge in [-0.15, -0.1) is 0 Å². The molecule has 2 rings (SSSR count). The van der Waals surface area contributed by atoms with Crippen LogP contribution in [0.3, 0.4) is 0 Å². The first-order valence-electron chi connectivity index (χ1n) is 8.26. The van der Waals surface area contributed by atoms with Crippen LogP contribution in [0.4, 0.5) is 0 Å². The maximum Gasteiger partial charge on any atom is 0.220 e. The topological polar surface area (TPSA) is 41.1 Å². The van der Waals surface area contributed by atoms with Crippen molar-refractivity contribution in [1.29, 1.82) is 0 Å². The molecule has 1 saturated heterocycles. The van der Waals surface area contributed by atoms with Crippen LogP contribution in [0.5, 0.6) is 0 Å². The van der Waals surface area contributed by atoms with Crippen molar-refractivity contribution in [2.45, 2.75) is 72.3 Å². The number of nitrogens with one attached hydrogen (secondary N) is 2. The van der Waals surface area contributed by atoms with E-state index < -0.39 is 0 Å². The van der Waals surface area contributed by atoms with E-state index in [-0.39, 0.29) is 5.91 Å². The van der Waals surface area contributed by atoms with Crippen LogP contribution >= 0.6 is 0 Å². The molecule has 0 aromatic rings. The summed E-state index contributed by atoms with van der Waals surface area (Å²) in [5, 5.41) is 6.70. The van der Waals surface area contributed by atoms with Crippen LogP contribution in [0, 0.1) is 16.7 Å². The Bertz CT molecular complexity index is 327. The highest BCUT2D eigenvalue weighted by molar-refractivity contribution is 5.76. The van der Waals surface area contributed by atoms with Gasteiger partial charge < -0.3 is 10.6 Å². The molecular formula is C17H32N2O. The first-order valence-corrected chi connectivity index (χ1v) is 8.26. The first-order chi connectivity index (χ1) is 9.26. The van der Waals surface area contributed by atoms with E-state index in [0.717, 1.165) is 25.9 Å². The fourth-order valence-corrected chi connectivity index (χ4v) is 4.60. The van der Waals surface area contributed by atoms with Gasteiger partial charge in [-0.05, 0) is 61.9 Å². The minimum absolute atomic E-state index is 0.261. The van der Waals surface area contributed by atoms with Gasteiger partial charge in [0.15, 0.2) is 0 Å². The SMILES string of the molecule is CC1(C)CC(NC(=O)CC2CCCNC2)CC(C)(C)C1. The zero-order valence-corrected chi connectivity index (χ0v) is 13.7. The first kappa shape index (κ1) is 15.8. The van der Waals surface area contributed by atoms with Crippen molar-refractivity contribution in [1.82, 2.24) is 10.6 Å². The molecule has 0 aromatic heterocycles. The summed E-state index contributed by atoms with van der Waals surface area (Å²) in [5.41, 5.74) is 0.679. The molecule has 1 atom stereocenters. The average Bonchev–Trinajstić information content (AvgIpc) is 2.25. The van der Waals surface area contributed by atoms with E-state index in [1.807, 2.05) is 0 Å². The fourth-order valence-electron chi connectivity index (χ4n) is 4.60. The van der Waals surface area contributed by atoms with Crippen molar-refractivity contribution in [3.8, 4) is 0 Å². The van der Waals surface area contributed by atoms with Crippen LogP contribution in [0.1, 0.15) is 66.2 Å². The molecule has 1 unspecified atom stereocenters. The Morgan fingerprint density at radius 1 is 1.20 bits per heavy atom. The Balaban J connectivity index is 1.83. The van der Waals surface area contributed by atoms with Gasteiger partial charge in [0.1, 0.15) is 0 Å². The maximum atomic E-state index is 12.3. The summed E-state index contributed by atoms with van der Waals surface area (Å²) >= 11 is 0. The van der Waals surface area contributed by atoms with E-state index in [9.17, 15) is 4.79 Å². The Hall–Kier alpha value is -0.570. The molecule has 1 saturated carbocycles. The molecule has 1 amide bonds. The number of carbonyl (C=O) groups is 1. The predicted octanol–water partition coefficient (Wildman–Crippen LogP) is 3.10. The average molecular weight is 280 g/mol. The van der Waals surface area contributed by atoms with Crippen molar-refractivity contribution >= 4 is 5.91 Å². The zero-order chi connectivity index (χ0) is 14.8. The summed E-state index contributed by atoms with van der Waals surface area (Å²) in [5.74, 6) is 0.797. The van der Waals surface area contributed by atoms with E-state index in [1.165, 1.54) is 19.3 Å². The van der Waals surface area contributed by atoms with E-state index in [4.69, 9.17) is 0 Å². The van der Waals surface area contributed by atoms with Gasteiger partial charge in [0.2, 0.25) is 5.91 Å². The lowest BCUT2D eigenvalue weighted by atomic mass is 9.63. The van der Waals surface area contributed by atoms with Gasteiger partial charge in [0.25, 0.3) is 0 Å². The fraction of sp³-hybridized carbons (Fsp3) is 0.941. The van der Waals surface area contributed by atoms with Gasteiger partial charge in [-0.1, -0.05) is 27.7 Å². The molecule has 1 heterocycles. The Morgan fingerprint density at radius 3 is 2.40 bits per heavy atom. The number of hydrogen-bond donors (Lipinski definition) is 2. The molecule has 0 aromatic carbocycles. The van der Waals surface area contributed by atoms with Crippen molar-refractivity contribution < 1.29 is 4.79 Å². The maximum absolute atomic E-state index is 12.3. The van der Waals surface area contributed by atoms with Crippen LogP contribution in [0.2, 0.25) is 0 Å². The van der Waals surface area contributed by atoms with Crippen LogP contribution in [-0.4, -0.2) is 25.0 Å². The third-order valence-electron chi connectivity index (χ3n) is 4.79. The van der Waals surface area contributed by atoms with E-state index in [1.54, 1.807) is 0 Å². The molecule has 0 bridgehead atoms. The van der Waals surface area contributed by atoms with Gasteiger partial charge >= 0.3 is 0 Å². The Labute approximate surface area is 124 Å². The third kappa shape index (κ3) is 4.76. The van der Waals surface area contributed by atoms with Crippen LogP contribution < -0.4 is 10.6 Å². The lowest BCUT2D eigenvalue weighted by molar-refractivity contribution is -0.123. The van der Waals surface area contributed by atoms with Gasteiger partial charge in [-0.2, -0.15) is 0 Å². The van der Waals surface area contributed by atoms with Crippen LogP contribution in [-0.2, 0) is 4.79 Å². The normalized spacial score (nSPS) is 29.9. The minimum atomic E-state index is 0.261. The van der Waals surface area contributed by atoms with E-state index in [0.29, 0.717) is 29.2 Å². The molecule has 3 nitrogen and oxygen atoms in total. The predicted molar refractivity (Wildman–Crippen MR) is 83.6 cm³/mol. The van der Waals surface area contributed by atoms with E-state index in [2.05, 4.69) is 38.3 Å². The summed E-state index contributed by atoms with van der Waals surface area (Å²) in [6, 6.07) is 0.359. The molecule has 20 heavy (non-hydrogen) atoms. The number of piperidine rings is 1. The van der Waals surface area contributed by atoms with E-state index >= 15 is 0 Å². The van der Waals surface area contributed by atoms with Crippen molar-refractivity contribution in [2.24, 2.45) is 16.7 Å². The van der Waals surface area contributed by atoms with Gasteiger partial charge in [-0.25, -0.2) is 0 Å². The smallest absolute Gasteiger partial charge is 0.220 e. The molecule has 1 aliphatic carbocycles. The number of carbonyl (C=O) groups excluding carboxylic acids is 1. The quantitative estimate of drug-likeness (QED) is 0.834. The molecule has 0 radical (unpaired) electrons. The summed E-state index contributed by atoms with van der Waals surface area (Å²) < 4.78 is 0. The largest absolute Gasteiger partial charge is 0.353 e. The molecule has 1 aliphatic heterocycles. The molecular weight excluding hydrogens is 248 g/mol. The third-order valence-corrected chi connectivity index (χ3v) is 4.79. The second-order valence-electron chi connectivity index (χ2n) is 8.59. The monoisotopic (exact) mass is 280 g/mol. The molecule has 2 fully saturated rings. The highest BCUT2D eigenvalue weighted by Crippen LogP contribution is 2.45. The minimum Gasteiger partial charge on any atom is -0.353 e. The summed E-state index contributed by atoms with van der Waals surface area (Å²) in [7, 11) is 0. The summed E-state index contributed by atoms with van der Waals surface area (Å²) in [4.78, 5) is 12.3. The Kier molecular flexibility index (Phi) is 4.78.